The first-order valence-corrected chi connectivity index (χ1v) is 8.68. The fraction of sp³-hybridized carbons (Fsp3) is 0.571. The average Bonchev–Trinajstić information content (AvgIpc) is 2.41. The molecule has 0 saturated carbocycles. The number of hydrogen-bond acceptors (Lipinski definition) is 2. The highest BCUT2D eigenvalue weighted by molar-refractivity contribution is 7.89. The van der Waals surface area contributed by atoms with Gasteiger partial charge in [-0.15, -0.1) is 11.6 Å². The Morgan fingerprint density at radius 1 is 1.35 bits per heavy atom. The van der Waals surface area contributed by atoms with E-state index in [0.29, 0.717) is 30.5 Å². The van der Waals surface area contributed by atoms with E-state index >= 15 is 0 Å². The second-order valence-corrected chi connectivity index (χ2v) is 7.67. The van der Waals surface area contributed by atoms with Crippen LogP contribution in [-0.2, 0) is 15.9 Å². The van der Waals surface area contributed by atoms with Gasteiger partial charge in [-0.25, -0.2) is 12.8 Å². The molecular formula is C14H19ClFNO2S. The molecule has 0 aromatic heterocycles. The summed E-state index contributed by atoms with van der Waals surface area (Å²) in [7, 11) is -3.67. The summed E-state index contributed by atoms with van der Waals surface area (Å²) in [5.41, 5.74) is 0.444. The molecule has 1 aromatic rings. The lowest BCUT2D eigenvalue weighted by atomic mass is 9.90. The van der Waals surface area contributed by atoms with Crippen molar-refractivity contribution in [1.82, 2.24) is 4.31 Å². The molecule has 0 spiro atoms. The number of benzene rings is 1. The molecule has 2 rings (SSSR count). The molecule has 112 valence electrons. The van der Waals surface area contributed by atoms with Gasteiger partial charge in [-0.3, -0.25) is 0 Å². The third-order valence-corrected chi connectivity index (χ3v) is 6.32. The molecule has 1 aliphatic rings. The van der Waals surface area contributed by atoms with Gasteiger partial charge in [0.15, 0.2) is 0 Å². The largest absolute Gasteiger partial charge is 0.243 e. The molecule has 0 aliphatic carbocycles. The maximum absolute atomic E-state index is 13.4. The Labute approximate surface area is 124 Å². The summed E-state index contributed by atoms with van der Waals surface area (Å²) in [5.74, 6) is 0.290. The van der Waals surface area contributed by atoms with Gasteiger partial charge >= 0.3 is 0 Å². The molecule has 1 aliphatic heterocycles. The molecule has 0 N–H and O–H groups in total. The summed E-state index contributed by atoms with van der Waals surface area (Å²) in [6.45, 7) is 5.12. The van der Waals surface area contributed by atoms with Crippen molar-refractivity contribution >= 4 is 21.6 Å². The number of halogens is 2. The second kappa shape index (κ2) is 6.00. The van der Waals surface area contributed by atoms with Crippen LogP contribution in [0.2, 0.25) is 0 Å². The van der Waals surface area contributed by atoms with E-state index < -0.39 is 15.8 Å². The molecule has 0 bridgehead atoms. The third kappa shape index (κ3) is 3.00. The van der Waals surface area contributed by atoms with Gasteiger partial charge in [-0.2, -0.15) is 4.31 Å². The Morgan fingerprint density at radius 3 is 2.65 bits per heavy atom. The van der Waals surface area contributed by atoms with E-state index in [-0.39, 0.29) is 10.8 Å². The molecule has 1 heterocycles. The van der Waals surface area contributed by atoms with Crippen molar-refractivity contribution in [3.63, 3.8) is 0 Å². The molecule has 6 heteroatoms. The van der Waals surface area contributed by atoms with Gasteiger partial charge in [0, 0.05) is 19.0 Å². The maximum atomic E-state index is 13.4. The zero-order valence-corrected chi connectivity index (χ0v) is 13.2. The number of alkyl halides is 1. The predicted octanol–water partition coefficient (Wildman–Crippen LogP) is 3.23. The molecule has 1 fully saturated rings. The first-order valence-electron chi connectivity index (χ1n) is 6.70. The van der Waals surface area contributed by atoms with Crippen molar-refractivity contribution in [3.05, 3.63) is 29.6 Å². The van der Waals surface area contributed by atoms with Crippen molar-refractivity contribution in [2.75, 3.05) is 13.1 Å². The van der Waals surface area contributed by atoms with Gasteiger partial charge < -0.3 is 0 Å². The number of piperidine rings is 1. The minimum atomic E-state index is -3.67. The lowest BCUT2D eigenvalue weighted by molar-refractivity contribution is 0.212. The summed E-state index contributed by atoms with van der Waals surface area (Å²) < 4.78 is 40.2. The Bertz CT molecular complexity index is 591. The first-order chi connectivity index (χ1) is 9.36. The van der Waals surface area contributed by atoms with Crippen LogP contribution < -0.4 is 0 Å². The quantitative estimate of drug-likeness (QED) is 0.802. The number of sulfonamides is 1. The van der Waals surface area contributed by atoms with Crippen LogP contribution in [0.3, 0.4) is 0 Å². The van der Waals surface area contributed by atoms with E-state index in [1.54, 1.807) is 0 Å². The second-order valence-electron chi connectivity index (χ2n) is 5.49. The minimum Gasteiger partial charge on any atom is -0.207 e. The van der Waals surface area contributed by atoms with E-state index in [9.17, 15) is 12.8 Å². The monoisotopic (exact) mass is 319 g/mol. The molecule has 0 amide bonds. The van der Waals surface area contributed by atoms with Crippen LogP contribution in [0.4, 0.5) is 4.39 Å². The average molecular weight is 320 g/mol. The zero-order valence-electron chi connectivity index (χ0n) is 11.6. The number of nitrogens with zero attached hydrogens (tertiary/aromatic N) is 1. The van der Waals surface area contributed by atoms with Crippen molar-refractivity contribution in [2.24, 2.45) is 11.8 Å². The fourth-order valence-corrected chi connectivity index (χ4v) is 4.56. The van der Waals surface area contributed by atoms with Crippen LogP contribution >= 0.6 is 11.6 Å². The maximum Gasteiger partial charge on any atom is 0.243 e. The molecule has 3 nitrogen and oxygen atoms in total. The van der Waals surface area contributed by atoms with Gasteiger partial charge in [0.2, 0.25) is 10.0 Å². The summed E-state index contributed by atoms with van der Waals surface area (Å²) in [5, 5.41) is 0. The summed E-state index contributed by atoms with van der Waals surface area (Å²) in [4.78, 5) is -0.00532. The lowest BCUT2D eigenvalue weighted by Gasteiger charge is -2.34. The third-order valence-electron chi connectivity index (χ3n) is 4.09. The van der Waals surface area contributed by atoms with Crippen LogP contribution in [0.5, 0.6) is 0 Å². The Kier molecular flexibility index (Phi) is 4.72. The first kappa shape index (κ1) is 15.7. The van der Waals surface area contributed by atoms with Crippen molar-refractivity contribution in [3.8, 4) is 0 Å². The molecule has 2 atom stereocenters. The van der Waals surface area contributed by atoms with Gasteiger partial charge in [-0.05, 0) is 36.0 Å². The van der Waals surface area contributed by atoms with Crippen LogP contribution in [0.25, 0.3) is 0 Å². The Hall–Kier alpha value is -0.650. The van der Waals surface area contributed by atoms with Crippen molar-refractivity contribution in [2.45, 2.75) is 31.0 Å². The molecule has 1 saturated heterocycles. The Balaban J connectivity index is 2.38. The highest BCUT2D eigenvalue weighted by Gasteiger charge is 2.33. The highest BCUT2D eigenvalue weighted by Crippen LogP contribution is 2.29. The SMILES string of the molecule is CC1CCN(S(=O)(=O)c2cc(F)ccc2CCl)CC1C. The molecule has 0 radical (unpaired) electrons. The van der Waals surface area contributed by atoms with Gasteiger partial charge in [0.05, 0.1) is 4.90 Å². The number of hydrogen-bond donors (Lipinski definition) is 0. The highest BCUT2D eigenvalue weighted by atomic mass is 35.5. The normalized spacial score (nSPS) is 24.8. The van der Waals surface area contributed by atoms with E-state index in [1.807, 2.05) is 6.92 Å². The van der Waals surface area contributed by atoms with Gasteiger partial charge in [0.25, 0.3) is 0 Å². The van der Waals surface area contributed by atoms with Crippen LogP contribution in [0.15, 0.2) is 23.1 Å². The van der Waals surface area contributed by atoms with Crippen molar-refractivity contribution < 1.29 is 12.8 Å². The van der Waals surface area contributed by atoms with E-state index in [2.05, 4.69) is 6.92 Å². The van der Waals surface area contributed by atoms with Gasteiger partial charge in [-0.1, -0.05) is 19.9 Å². The predicted molar refractivity (Wildman–Crippen MR) is 77.7 cm³/mol. The summed E-state index contributed by atoms with van der Waals surface area (Å²) >= 11 is 5.78. The van der Waals surface area contributed by atoms with Crippen molar-refractivity contribution in [1.29, 1.82) is 0 Å². The van der Waals surface area contributed by atoms with Crippen LogP contribution in [0, 0.1) is 17.7 Å². The minimum absolute atomic E-state index is 0.00532. The van der Waals surface area contributed by atoms with Gasteiger partial charge in [0.1, 0.15) is 5.82 Å². The smallest absolute Gasteiger partial charge is 0.207 e. The zero-order chi connectivity index (χ0) is 14.9. The van der Waals surface area contributed by atoms with E-state index in [4.69, 9.17) is 11.6 Å². The summed E-state index contributed by atoms with van der Waals surface area (Å²) in [6, 6.07) is 3.73. The van der Waals surface area contributed by atoms with Crippen LogP contribution in [-0.4, -0.2) is 25.8 Å². The standard InChI is InChI=1S/C14H19ClFNO2S/c1-10-5-6-17(9-11(10)2)20(18,19)14-7-13(16)4-3-12(14)8-15/h3-4,7,10-11H,5-6,8-9H2,1-2H3. The summed E-state index contributed by atoms with van der Waals surface area (Å²) in [6.07, 6.45) is 0.825. The lowest BCUT2D eigenvalue weighted by Crippen LogP contribution is -2.42. The van der Waals surface area contributed by atoms with E-state index in [0.717, 1.165) is 12.5 Å². The molecule has 1 aromatic carbocycles. The molecule has 20 heavy (non-hydrogen) atoms. The molecular weight excluding hydrogens is 301 g/mol. The molecule has 2 unspecified atom stereocenters. The topological polar surface area (TPSA) is 37.4 Å². The van der Waals surface area contributed by atoms with Crippen LogP contribution in [0.1, 0.15) is 25.8 Å². The van der Waals surface area contributed by atoms with E-state index in [1.165, 1.54) is 16.4 Å². The Morgan fingerprint density at radius 2 is 2.05 bits per heavy atom. The fourth-order valence-electron chi connectivity index (χ4n) is 2.46. The number of rotatable bonds is 3.